The van der Waals surface area contributed by atoms with Crippen molar-refractivity contribution in [1.82, 2.24) is 4.90 Å². The van der Waals surface area contributed by atoms with Crippen LogP contribution < -0.4 is 4.74 Å². The lowest BCUT2D eigenvalue weighted by Crippen LogP contribution is -2.42. The van der Waals surface area contributed by atoms with Gasteiger partial charge in [-0.25, -0.2) is 0 Å². The molecule has 0 aromatic heterocycles. The molecule has 0 amide bonds. The van der Waals surface area contributed by atoms with Gasteiger partial charge in [0.1, 0.15) is 5.75 Å². The third-order valence-electron chi connectivity index (χ3n) is 4.03. The zero-order valence-electron chi connectivity index (χ0n) is 17.2. The Morgan fingerprint density at radius 2 is 2.00 bits per heavy atom. The van der Waals surface area contributed by atoms with Crippen LogP contribution in [0.5, 0.6) is 5.75 Å². The highest BCUT2D eigenvalue weighted by Crippen LogP contribution is 2.40. The fourth-order valence-electron chi connectivity index (χ4n) is 2.95. The molecule has 0 bridgehead atoms. The molecule has 1 unspecified atom stereocenters. The summed E-state index contributed by atoms with van der Waals surface area (Å²) >= 11 is 0. The maximum absolute atomic E-state index is 11.3. The molecule has 0 spiro atoms. The standard InChI is InChI=1S/C17H27NO2/c1-18(2)13-16(17(19)11-5-4-6-12-17)14-7-9-15(20-3)10-8-14/h7-10,16,19H,4-6,11-13H2,1-3H3/i1D3,13D2. The van der Waals surface area contributed by atoms with Crippen molar-refractivity contribution in [1.29, 1.82) is 0 Å². The van der Waals surface area contributed by atoms with E-state index >= 15 is 0 Å². The number of benzene rings is 1. The van der Waals surface area contributed by atoms with Crippen LogP contribution in [0.3, 0.4) is 0 Å². The van der Waals surface area contributed by atoms with E-state index in [-0.39, 0.29) is 0 Å². The number of rotatable bonds is 5. The van der Waals surface area contributed by atoms with E-state index in [0.717, 1.165) is 24.2 Å². The Labute approximate surface area is 129 Å². The number of methoxy groups -OCH3 is 1. The van der Waals surface area contributed by atoms with Gasteiger partial charge in [-0.2, -0.15) is 0 Å². The molecule has 3 heteroatoms. The zero-order valence-corrected chi connectivity index (χ0v) is 12.2. The van der Waals surface area contributed by atoms with E-state index in [9.17, 15) is 5.11 Å². The molecule has 1 aliphatic carbocycles. The smallest absolute Gasteiger partial charge is 0.118 e. The summed E-state index contributed by atoms with van der Waals surface area (Å²) in [5.41, 5.74) is -0.707. The van der Waals surface area contributed by atoms with Crippen molar-refractivity contribution in [2.24, 2.45) is 0 Å². The van der Waals surface area contributed by atoms with E-state index in [4.69, 9.17) is 11.6 Å². The van der Waals surface area contributed by atoms with Gasteiger partial charge in [0.15, 0.2) is 0 Å². The molecule has 112 valence electrons. The van der Waals surface area contributed by atoms with Crippen molar-refractivity contribution in [3.8, 4) is 5.75 Å². The molecule has 1 aromatic carbocycles. The molecular formula is C17H27NO2. The molecule has 1 saturated carbocycles. The minimum atomic E-state index is -2.60. The van der Waals surface area contributed by atoms with Crippen molar-refractivity contribution in [3.05, 3.63) is 29.8 Å². The van der Waals surface area contributed by atoms with Gasteiger partial charge >= 0.3 is 0 Å². The summed E-state index contributed by atoms with van der Waals surface area (Å²) < 4.78 is 45.1. The van der Waals surface area contributed by atoms with E-state index in [0.29, 0.717) is 24.2 Å². The molecule has 0 heterocycles. The summed E-state index contributed by atoms with van der Waals surface area (Å²) in [4.78, 5) is 0.751. The first-order chi connectivity index (χ1) is 11.5. The summed E-state index contributed by atoms with van der Waals surface area (Å²) in [5, 5.41) is 11.3. The summed E-state index contributed by atoms with van der Waals surface area (Å²) in [5.74, 6) is -0.348. The number of hydrogen-bond acceptors (Lipinski definition) is 3. The Balaban J connectivity index is 2.51. The Hall–Kier alpha value is -1.06. The maximum Gasteiger partial charge on any atom is 0.118 e. The van der Waals surface area contributed by atoms with Crippen molar-refractivity contribution in [2.45, 2.75) is 43.6 Å². The largest absolute Gasteiger partial charge is 0.497 e. The van der Waals surface area contributed by atoms with E-state index in [2.05, 4.69) is 0 Å². The van der Waals surface area contributed by atoms with Gasteiger partial charge in [-0.15, -0.1) is 0 Å². The predicted octanol–water partition coefficient (Wildman–Crippen LogP) is 3.04. The lowest BCUT2D eigenvalue weighted by Gasteiger charge is -2.40. The second kappa shape index (κ2) is 6.59. The molecule has 1 N–H and O–H groups in total. The average molecular weight is 282 g/mol. The Kier molecular flexibility index (Phi) is 3.23. The van der Waals surface area contributed by atoms with Gasteiger partial charge in [0.05, 0.1) is 12.7 Å². The minimum Gasteiger partial charge on any atom is -0.497 e. The van der Waals surface area contributed by atoms with Gasteiger partial charge < -0.3 is 14.7 Å². The first kappa shape index (κ1) is 9.80. The lowest BCUT2D eigenvalue weighted by molar-refractivity contribution is -0.0277. The summed E-state index contributed by atoms with van der Waals surface area (Å²) in [6.07, 6.45) is 3.51. The van der Waals surface area contributed by atoms with Crippen LogP contribution in [0.4, 0.5) is 0 Å². The molecule has 3 nitrogen and oxygen atoms in total. The quantitative estimate of drug-likeness (QED) is 0.901. The van der Waals surface area contributed by atoms with Crippen molar-refractivity contribution < 1.29 is 16.7 Å². The van der Waals surface area contributed by atoms with E-state index in [1.807, 2.05) is 0 Å². The first-order valence-corrected chi connectivity index (χ1v) is 7.12. The fraction of sp³-hybridized carbons (Fsp3) is 0.647. The molecule has 0 aliphatic heterocycles. The normalized spacial score (nSPS) is 24.9. The van der Waals surface area contributed by atoms with Crippen LogP contribution in [-0.2, 0) is 0 Å². The second-order valence-corrected chi connectivity index (χ2v) is 5.56. The Morgan fingerprint density at radius 1 is 1.35 bits per heavy atom. The predicted molar refractivity (Wildman–Crippen MR) is 82.3 cm³/mol. The van der Waals surface area contributed by atoms with Gasteiger partial charge in [-0.1, -0.05) is 31.4 Å². The molecule has 0 radical (unpaired) electrons. The molecule has 0 saturated heterocycles. The van der Waals surface area contributed by atoms with Gasteiger partial charge in [0.25, 0.3) is 0 Å². The Morgan fingerprint density at radius 3 is 2.55 bits per heavy atom. The summed E-state index contributed by atoms with van der Waals surface area (Å²) in [6, 6.07) is 6.84. The highest BCUT2D eigenvalue weighted by Gasteiger charge is 2.38. The molecule has 1 aliphatic rings. The third-order valence-corrected chi connectivity index (χ3v) is 4.03. The molecule has 1 aromatic rings. The van der Waals surface area contributed by atoms with Crippen molar-refractivity contribution in [3.63, 3.8) is 0 Å². The molecule has 2 rings (SSSR count). The lowest BCUT2D eigenvalue weighted by atomic mass is 9.72. The second-order valence-electron chi connectivity index (χ2n) is 5.56. The highest BCUT2D eigenvalue weighted by atomic mass is 16.5. The number of likely N-dealkylation sites (N-methyl/N-ethyl adjacent to an activating group) is 1. The van der Waals surface area contributed by atoms with E-state index < -0.39 is 25.0 Å². The number of hydrogen-bond donors (Lipinski definition) is 1. The van der Waals surface area contributed by atoms with Gasteiger partial charge in [-0.05, 0) is 44.6 Å². The van der Waals surface area contributed by atoms with E-state index in [1.165, 1.54) is 7.05 Å². The van der Waals surface area contributed by atoms with Crippen LogP contribution in [0, 0.1) is 0 Å². The van der Waals surface area contributed by atoms with Gasteiger partial charge in [0, 0.05) is 19.3 Å². The van der Waals surface area contributed by atoms with Gasteiger partial charge in [0.2, 0.25) is 0 Å². The van der Waals surface area contributed by atoms with Crippen LogP contribution in [0.2, 0.25) is 0 Å². The van der Waals surface area contributed by atoms with Crippen LogP contribution >= 0.6 is 0 Å². The summed E-state index contributed by atoms with van der Waals surface area (Å²) in [7, 11) is 2.79. The number of ether oxygens (including phenoxy) is 1. The molecule has 20 heavy (non-hydrogen) atoms. The van der Waals surface area contributed by atoms with Crippen molar-refractivity contribution in [2.75, 3.05) is 27.6 Å². The third kappa shape index (κ3) is 3.53. The summed E-state index contributed by atoms with van der Waals surface area (Å²) in [6.45, 7) is -4.84. The van der Waals surface area contributed by atoms with Crippen LogP contribution in [0.15, 0.2) is 24.3 Å². The zero-order chi connectivity index (χ0) is 18.9. The average Bonchev–Trinajstić information content (AvgIpc) is 2.54. The van der Waals surface area contributed by atoms with Crippen LogP contribution in [-0.4, -0.2) is 43.2 Å². The van der Waals surface area contributed by atoms with Crippen LogP contribution in [0.25, 0.3) is 0 Å². The van der Waals surface area contributed by atoms with Crippen LogP contribution in [0.1, 0.15) is 50.4 Å². The molecule has 1 fully saturated rings. The highest BCUT2D eigenvalue weighted by molar-refractivity contribution is 5.31. The molecule has 1 atom stereocenters. The first-order valence-electron chi connectivity index (χ1n) is 9.62. The SMILES string of the molecule is [2H]C([2H])([2H])N(C)C([2H])([2H])C(c1ccc(OC)cc1)C1(O)CCCCC1. The number of aliphatic hydroxyl groups is 1. The maximum atomic E-state index is 11.3. The molecular weight excluding hydrogens is 250 g/mol. The fourth-order valence-corrected chi connectivity index (χ4v) is 2.95. The van der Waals surface area contributed by atoms with Crippen molar-refractivity contribution >= 4 is 0 Å². The monoisotopic (exact) mass is 282 g/mol. The Bertz CT molecular complexity index is 567. The number of nitrogens with zero attached hydrogens (tertiary/aromatic N) is 1. The van der Waals surface area contributed by atoms with Gasteiger partial charge in [-0.3, -0.25) is 0 Å². The topological polar surface area (TPSA) is 32.7 Å². The van der Waals surface area contributed by atoms with E-state index in [1.54, 1.807) is 31.4 Å². The minimum absolute atomic E-state index is 0.456.